The van der Waals surface area contributed by atoms with Crippen LogP contribution in [0.1, 0.15) is 20.8 Å². The molecule has 5 aromatic carbocycles. The molecule has 0 saturated carbocycles. The highest BCUT2D eigenvalue weighted by atomic mass is 14.9. The summed E-state index contributed by atoms with van der Waals surface area (Å²) in [6, 6.07) is 30.9. The van der Waals surface area contributed by atoms with Crippen molar-refractivity contribution in [1.82, 2.24) is 9.55 Å². The van der Waals surface area contributed by atoms with Crippen molar-refractivity contribution in [1.29, 1.82) is 0 Å². The Balaban J connectivity index is 0.000000344. The highest BCUT2D eigenvalue weighted by Crippen LogP contribution is 2.41. The van der Waals surface area contributed by atoms with Crippen LogP contribution in [0, 0.1) is 0 Å². The first-order valence-electron chi connectivity index (χ1n) is 12.7. The minimum absolute atomic E-state index is 1.19. The summed E-state index contributed by atoms with van der Waals surface area (Å²) in [5, 5.41) is 10.5. The summed E-state index contributed by atoms with van der Waals surface area (Å²) < 4.78 is 2.33. The third kappa shape index (κ3) is 3.67. The second-order valence-electron chi connectivity index (χ2n) is 8.75. The first kappa shape index (κ1) is 23.4. The van der Waals surface area contributed by atoms with Gasteiger partial charge in [0.25, 0.3) is 0 Å². The number of aromatic amines is 1. The van der Waals surface area contributed by atoms with Crippen molar-refractivity contribution in [2.24, 2.45) is 7.05 Å². The Morgan fingerprint density at radius 1 is 0.667 bits per heavy atom. The van der Waals surface area contributed by atoms with Gasteiger partial charge in [-0.2, -0.15) is 0 Å². The number of nitrogens with one attached hydrogen (secondary N) is 1. The van der Waals surface area contributed by atoms with E-state index in [-0.39, 0.29) is 0 Å². The average molecular weight is 469 g/mol. The van der Waals surface area contributed by atoms with E-state index in [4.69, 9.17) is 0 Å². The summed E-state index contributed by atoms with van der Waals surface area (Å²) in [5.41, 5.74) is 4.94. The molecule has 0 spiro atoms. The van der Waals surface area contributed by atoms with Crippen molar-refractivity contribution >= 4 is 65.2 Å². The molecule has 0 aliphatic heterocycles. The Morgan fingerprint density at radius 2 is 1.33 bits per heavy atom. The van der Waals surface area contributed by atoms with Crippen LogP contribution in [0.4, 0.5) is 0 Å². The van der Waals surface area contributed by atoms with Crippen molar-refractivity contribution in [3.63, 3.8) is 0 Å². The fourth-order valence-corrected chi connectivity index (χ4v) is 5.27. The van der Waals surface area contributed by atoms with Gasteiger partial charge in [0, 0.05) is 50.7 Å². The van der Waals surface area contributed by atoms with Crippen LogP contribution in [0.25, 0.3) is 65.2 Å². The maximum Gasteiger partial charge on any atom is 0.0496 e. The number of benzene rings is 5. The summed E-state index contributed by atoms with van der Waals surface area (Å²) in [7, 11) is 2.18. The van der Waals surface area contributed by atoms with Gasteiger partial charge in [-0.1, -0.05) is 87.2 Å². The molecule has 2 heterocycles. The van der Waals surface area contributed by atoms with E-state index in [0.29, 0.717) is 0 Å². The highest BCUT2D eigenvalue weighted by molar-refractivity contribution is 6.33. The Bertz CT molecular complexity index is 1890. The van der Waals surface area contributed by atoms with Crippen LogP contribution in [0.15, 0.2) is 110 Å². The van der Waals surface area contributed by atoms with Gasteiger partial charge in [-0.25, -0.2) is 0 Å². The zero-order valence-corrected chi connectivity index (χ0v) is 21.5. The predicted octanol–water partition coefficient (Wildman–Crippen LogP) is 10.0. The largest absolute Gasteiger partial charge is 0.354 e. The summed E-state index contributed by atoms with van der Waals surface area (Å²) in [6.45, 7) is 9.42. The third-order valence-electron chi connectivity index (χ3n) is 6.81. The normalized spacial score (nSPS) is 11.3. The molecule has 0 atom stereocenters. The summed E-state index contributed by atoms with van der Waals surface area (Å²) >= 11 is 0. The van der Waals surface area contributed by atoms with E-state index >= 15 is 0 Å². The van der Waals surface area contributed by atoms with E-state index in [9.17, 15) is 0 Å². The number of fused-ring (bicyclic) bond motifs is 10. The first-order valence-corrected chi connectivity index (χ1v) is 12.7. The van der Waals surface area contributed by atoms with E-state index in [1.807, 2.05) is 32.9 Å². The van der Waals surface area contributed by atoms with Gasteiger partial charge in [-0.05, 0) is 64.9 Å². The standard InChI is InChI=1S/C27H18N2.C5H8.C2H6/c1-29-23-12-10-18-14-16-6-2-3-7-17(16)15-20(18)26(23)27-24(29)13-11-22-25(27)19-8-4-5-9-21(19)28-22;1-3-5-4-2;1-2/h2-15,28H,1H3;3-5H,1H2,2H3;1-2H3/b;5-4-;. The molecule has 0 radical (unpaired) electrons. The zero-order valence-electron chi connectivity index (χ0n) is 21.5. The van der Waals surface area contributed by atoms with Crippen molar-refractivity contribution < 1.29 is 0 Å². The molecule has 1 N–H and O–H groups in total. The molecule has 0 aliphatic rings. The van der Waals surface area contributed by atoms with Gasteiger partial charge in [-0.15, -0.1) is 0 Å². The number of allylic oxidation sites excluding steroid dienone is 3. The minimum atomic E-state index is 1.19. The van der Waals surface area contributed by atoms with Gasteiger partial charge in [0.15, 0.2) is 0 Å². The smallest absolute Gasteiger partial charge is 0.0496 e. The van der Waals surface area contributed by atoms with E-state index in [1.165, 1.54) is 65.2 Å². The number of hydrogen-bond acceptors (Lipinski definition) is 0. The van der Waals surface area contributed by atoms with Gasteiger partial charge in [0.1, 0.15) is 0 Å². The van der Waals surface area contributed by atoms with Crippen LogP contribution >= 0.6 is 0 Å². The molecule has 2 aromatic heterocycles. The van der Waals surface area contributed by atoms with Crippen molar-refractivity contribution in [3.05, 3.63) is 110 Å². The average Bonchev–Trinajstić information content (AvgIpc) is 3.45. The van der Waals surface area contributed by atoms with Crippen LogP contribution < -0.4 is 0 Å². The Kier molecular flexibility index (Phi) is 6.35. The minimum Gasteiger partial charge on any atom is -0.354 e. The maximum absolute atomic E-state index is 3.61. The lowest BCUT2D eigenvalue weighted by Crippen LogP contribution is -1.86. The fraction of sp³-hybridized carbons (Fsp3) is 0.118. The van der Waals surface area contributed by atoms with Gasteiger partial charge in [-0.3, -0.25) is 0 Å². The van der Waals surface area contributed by atoms with Gasteiger partial charge in [0.05, 0.1) is 0 Å². The Labute approximate surface area is 212 Å². The molecule has 2 heteroatoms. The third-order valence-corrected chi connectivity index (χ3v) is 6.81. The molecule has 2 nitrogen and oxygen atoms in total. The molecular weight excluding hydrogens is 436 g/mol. The molecule has 0 unspecified atom stereocenters. The first-order chi connectivity index (χ1) is 17.7. The number of hydrogen-bond donors (Lipinski definition) is 1. The lowest BCUT2D eigenvalue weighted by atomic mass is 9.98. The number of H-pyrrole nitrogens is 1. The van der Waals surface area contributed by atoms with E-state index in [1.54, 1.807) is 6.08 Å². The molecular formula is C34H32N2. The molecule has 7 rings (SSSR count). The van der Waals surface area contributed by atoms with Gasteiger partial charge >= 0.3 is 0 Å². The van der Waals surface area contributed by atoms with E-state index in [2.05, 4.69) is 108 Å². The molecule has 7 aromatic rings. The van der Waals surface area contributed by atoms with Gasteiger partial charge in [0.2, 0.25) is 0 Å². The second kappa shape index (κ2) is 9.75. The molecule has 0 saturated heterocycles. The van der Waals surface area contributed by atoms with Crippen molar-refractivity contribution in [2.75, 3.05) is 0 Å². The molecule has 0 bridgehead atoms. The van der Waals surface area contributed by atoms with E-state index in [0.717, 1.165) is 0 Å². The monoisotopic (exact) mass is 468 g/mol. The van der Waals surface area contributed by atoms with Crippen LogP contribution in [0.2, 0.25) is 0 Å². The molecule has 36 heavy (non-hydrogen) atoms. The topological polar surface area (TPSA) is 20.7 Å². The summed E-state index contributed by atoms with van der Waals surface area (Å²) in [5.74, 6) is 0. The highest BCUT2D eigenvalue weighted by Gasteiger charge is 2.17. The number of aromatic nitrogens is 2. The number of aryl methyl sites for hydroxylation is 1. The van der Waals surface area contributed by atoms with Crippen LogP contribution in [-0.2, 0) is 7.05 Å². The lowest BCUT2D eigenvalue weighted by molar-refractivity contribution is 1.02. The quantitative estimate of drug-likeness (QED) is 0.183. The predicted molar refractivity (Wildman–Crippen MR) is 161 cm³/mol. The number of rotatable bonds is 1. The molecule has 0 amide bonds. The lowest BCUT2D eigenvalue weighted by Gasteiger charge is -2.05. The van der Waals surface area contributed by atoms with Crippen LogP contribution in [-0.4, -0.2) is 9.55 Å². The number of nitrogens with zero attached hydrogens (tertiary/aromatic N) is 1. The molecule has 0 aliphatic carbocycles. The Morgan fingerprint density at radius 3 is 2.06 bits per heavy atom. The van der Waals surface area contributed by atoms with E-state index < -0.39 is 0 Å². The van der Waals surface area contributed by atoms with Crippen molar-refractivity contribution in [3.8, 4) is 0 Å². The van der Waals surface area contributed by atoms with Crippen LogP contribution in [0.3, 0.4) is 0 Å². The zero-order chi connectivity index (χ0) is 25.2. The number of para-hydroxylation sites is 1. The SMILES string of the molecule is C=C/C=C\C.CC.Cn1c2ccc3cc4ccccc4cc3c2c2c3c(ccc21)[nH]c1ccccc13. The maximum atomic E-state index is 3.61. The van der Waals surface area contributed by atoms with Crippen LogP contribution in [0.5, 0.6) is 0 Å². The Hall–Kier alpha value is -4.30. The summed E-state index contributed by atoms with van der Waals surface area (Å²) in [4.78, 5) is 3.61. The molecule has 178 valence electrons. The fourth-order valence-electron chi connectivity index (χ4n) is 5.27. The van der Waals surface area contributed by atoms with Gasteiger partial charge < -0.3 is 9.55 Å². The summed E-state index contributed by atoms with van der Waals surface area (Å²) in [6.07, 6.45) is 5.58. The van der Waals surface area contributed by atoms with Crippen molar-refractivity contribution in [2.45, 2.75) is 20.8 Å². The second-order valence-corrected chi connectivity index (χ2v) is 8.75. The molecule has 0 fully saturated rings.